The standard InChI is InChI=1S/C26H40N2O2/c1-3-19-27(23-11-7-5-8-12-23)25(29)21-15-17-22(18-16-21)26(30)28(20-4-2)24-13-9-6-10-14-24/h15-18,23-24H,3-14,19-20H2,1-2H3. The Kier molecular flexibility index (Phi) is 8.77. The van der Waals surface area contributed by atoms with Gasteiger partial charge >= 0.3 is 0 Å². The van der Waals surface area contributed by atoms with Gasteiger partial charge in [0.05, 0.1) is 0 Å². The molecule has 30 heavy (non-hydrogen) atoms. The fraction of sp³-hybridized carbons (Fsp3) is 0.692. The Balaban J connectivity index is 1.71. The number of carbonyl (C=O) groups excluding carboxylic acids is 2. The lowest BCUT2D eigenvalue weighted by Gasteiger charge is -2.35. The molecule has 0 radical (unpaired) electrons. The number of hydrogen-bond donors (Lipinski definition) is 0. The molecule has 1 aromatic rings. The summed E-state index contributed by atoms with van der Waals surface area (Å²) in [6.07, 6.45) is 13.9. The van der Waals surface area contributed by atoms with E-state index in [-0.39, 0.29) is 11.8 Å². The molecule has 2 aliphatic rings. The topological polar surface area (TPSA) is 40.6 Å². The molecule has 4 heteroatoms. The zero-order valence-corrected chi connectivity index (χ0v) is 19.1. The number of amides is 2. The molecule has 2 fully saturated rings. The molecule has 0 heterocycles. The lowest BCUT2D eigenvalue weighted by molar-refractivity contribution is 0.0622. The van der Waals surface area contributed by atoms with Crippen molar-refractivity contribution < 1.29 is 9.59 Å². The first-order valence-electron chi connectivity index (χ1n) is 12.4. The van der Waals surface area contributed by atoms with Crippen LogP contribution < -0.4 is 0 Å². The van der Waals surface area contributed by atoms with Gasteiger partial charge in [0.1, 0.15) is 0 Å². The Bertz CT molecular complexity index is 614. The molecule has 166 valence electrons. The van der Waals surface area contributed by atoms with Gasteiger partial charge in [-0.05, 0) is 62.8 Å². The van der Waals surface area contributed by atoms with Crippen LogP contribution in [-0.4, -0.2) is 46.8 Å². The molecule has 0 bridgehead atoms. The van der Waals surface area contributed by atoms with Crippen LogP contribution in [0, 0.1) is 0 Å². The van der Waals surface area contributed by atoms with E-state index in [9.17, 15) is 9.59 Å². The summed E-state index contributed by atoms with van der Waals surface area (Å²) in [5.74, 6) is 0.251. The highest BCUT2D eigenvalue weighted by Crippen LogP contribution is 2.26. The first-order valence-corrected chi connectivity index (χ1v) is 12.4. The second-order valence-electron chi connectivity index (χ2n) is 9.16. The highest BCUT2D eigenvalue weighted by Gasteiger charge is 2.27. The molecular weight excluding hydrogens is 372 g/mol. The molecule has 0 aliphatic heterocycles. The number of nitrogens with zero attached hydrogens (tertiary/aromatic N) is 2. The first kappa shape index (κ1) is 22.8. The van der Waals surface area contributed by atoms with E-state index in [1.165, 1.54) is 38.5 Å². The van der Waals surface area contributed by atoms with Crippen molar-refractivity contribution in [3.05, 3.63) is 35.4 Å². The first-order chi connectivity index (χ1) is 14.7. The molecule has 0 unspecified atom stereocenters. The summed E-state index contributed by atoms with van der Waals surface area (Å²) in [7, 11) is 0. The summed E-state index contributed by atoms with van der Waals surface area (Å²) in [6.45, 7) is 5.91. The van der Waals surface area contributed by atoms with Gasteiger partial charge < -0.3 is 9.80 Å². The van der Waals surface area contributed by atoms with E-state index in [0.29, 0.717) is 23.2 Å². The molecule has 0 saturated heterocycles. The van der Waals surface area contributed by atoms with Gasteiger partial charge in [-0.1, -0.05) is 52.4 Å². The van der Waals surface area contributed by atoms with Gasteiger partial charge in [0, 0.05) is 36.3 Å². The Morgan fingerprint density at radius 2 is 1.00 bits per heavy atom. The predicted molar refractivity (Wildman–Crippen MR) is 123 cm³/mol. The number of benzene rings is 1. The maximum absolute atomic E-state index is 13.2. The van der Waals surface area contributed by atoms with Crippen molar-refractivity contribution in [2.24, 2.45) is 0 Å². The molecule has 0 spiro atoms. The second kappa shape index (κ2) is 11.5. The average molecular weight is 413 g/mol. The highest BCUT2D eigenvalue weighted by molar-refractivity contribution is 5.98. The third-order valence-corrected chi connectivity index (χ3v) is 6.86. The van der Waals surface area contributed by atoms with Crippen LogP contribution in [0.1, 0.15) is 112 Å². The van der Waals surface area contributed by atoms with E-state index in [1.807, 2.05) is 24.3 Å². The van der Waals surface area contributed by atoms with Gasteiger partial charge in [-0.25, -0.2) is 0 Å². The van der Waals surface area contributed by atoms with Gasteiger partial charge in [-0.3, -0.25) is 9.59 Å². The van der Waals surface area contributed by atoms with Gasteiger partial charge in [-0.2, -0.15) is 0 Å². The molecule has 0 aromatic heterocycles. The quantitative estimate of drug-likeness (QED) is 0.521. The van der Waals surface area contributed by atoms with Crippen LogP contribution in [0.15, 0.2) is 24.3 Å². The van der Waals surface area contributed by atoms with Crippen molar-refractivity contribution >= 4 is 11.8 Å². The maximum Gasteiger partial charge on any atom is 0.254 e. The molecule has 2 aliphatic carbocycles. The minimum absolute atomic E-state index is 0.125. The van der Waals surface area contributed by atoms with Crippen molar-refractivity contribution in [1.29, 1.82) is 0 Å². The molecular formula is C26H40N2O2. The highest BCUT2D eigenvalue weighted by atomic mass is 16.2. The normalized spacial score (nSPS) is 18.2. The Hall–Kier alpha value is -1.84. The molecule has 3 rings (SSSR count). The summed E-state index contributed by atoms with van der Waals surface area (Å²) in [6, 6.07) is 8.22. The van der Waals surface area contributed by atoms with Gasteiger partial charge in [0.15, 0.2) is 0 Å². The van der Waals surface area contributed by atoms with Crippen molar-refractivity contribution in [3.8, 4) is 0 Å². The fourth-order valence-corrected chi connectivity index (χ4v) is 5.25. The van der Waals surface area contributed by atoms with Crippen LogP contribution in [0.2, 0.25) is 0 Å². The van der Waals surface area contributed by atoms with Gasteiger partial charge in [-0.15, -0.1) is 0 Å². The Morgan fingerprint density at radius 1 is 0.667 bits per heavy atom. The average Bonchev–Trinajstić information content (AvgIpc) is 2.81. The molecule has 0 atom stereocenters. The fourth-order valence-electron chi connectivity index (χ4n) is 5.25. The van der Waals surface area contributed by atoms with Gasteiger partial charge in [0.2, 0.25) is 0 Å². The Labute approximate surface area is 183 Å². The van der Waals surface area contributed by atoms with Crippen LogP contribution >= 0.6 is 0 Å². The van der Waals surface area contributed by atoms with Crippen LogP contribution in [-0.2, 0) is 0 Å². The van der Waals surface area contributed by atoms with Crippen LogP contribution in [0.5, 0.6) is 0 Å². The summed E-state index contributed by atoms with van der Waals surface area (Å²) in [5, 5.41) is 0. The van der Waals surface area contributed by atoms with E-state index in [1.54, 1.807) is 0 Å². The molecule has 0 N–H and O–H groups in total. The van der Waals surface area contributed by atoms with E-state index in [2.05, 4.69) is 23.6 Å². The maximum atomic E-state index is 13.2. The van der Waals surface area contributed by atoms with Crippen LogP contribution in [0.25, 0.3) is 0 Å². The smallest absolute Gasteiger partial charge is 0.254 e. The summed E-state index contributed by atoms with van der Waals surface area (Å²) in [5.41, 5.74) is 1.43. The van der Waals surface area contributed by atoms with E-state index < -0.39 is 0 Å². The minimum Gasteiger partial charge on any atom is -0.336 e. The summed E-state index contributed by atoms with van der Waals surface area (Å²) < 4.78 is 0. The third-order valence-electron chi connectivity index (χ3n) is 6.86. The number of carbonyl (C=O) groups is 2. The minimum atomic E-state index is 0.125. The monoisotopic (exact) mass is 412 g/mol. The zero-order valence-electron chi connectivity index (χ0n) is 19.1. The van der Waals surface area contributed by atoms with E-state index >= 15 is 0 Å². The SMILES string of the molecule is CCCN(C(=O)c1ccc(C(=O)N(CCC)C2CCCCC2)cc1)C1CCCCC1. The number of hydrogen-bond acceptors (Lipinski definition) is 2. The van der Waals surface area contributed by atoms with Crippen molar-refractivity contribution in [3.63, 3.8) is 0 Å². The lowest BCUT2D eigenvalue weighted by atomic mass is 9.93. The van der Waals surface area contributed by atoms with Gasteiger partial charge in [0.25, 0.3) is 11.8 Å². The molecule has 2 saturated carbocycles. The van der Waals surface area contributed by atoms with Crippen molar-refractivity contribution in [2.45, 2.75) is 103 Å². The summed E-state index contributed by atoms with van der Waals surface area (Å²) in [4.78, 5) is 30.6. The second-order valence-corrected chi connectivity index (χ2v) is 9.16. The number of rotatable bonds is 8. The zero-order chi connectivity index (χ0) is 21.3. The molecule has 4 nitrogen and oxygen atoms in total. The Morgan fingerprint density at radius 3 is 1.30 bits per heavy atom. The third kappa shape index (κ3) is 5.65. The molecule has 2 amide bonds. The van der Waals surface area contributed by atoms with Crippen molar-refractivity contribution in [2.75, 3.05) is 13.1 Å². The van der Waals surface area contributed by atoms with Crippen LogP contribution in [0.3, 0.4) is 0 Å². The largest absolute Gasteiger partial charge is 0.336 e. The molecule has 1 aromatic carbocycles. The van der Waals surface area contributed by atoms with E-state index in [4.69, 9.17) is 0 Å². The van der Waals surface area contributed by atoms with E-state index in [0.717, 1.165) is 51.6 Å². The van der Waals surface area contributed by atoms with Crippen molar-refractivity contribution in [1.82, 2.24) is 9.80 Å². The van der Waals surface area contributed by atoms with Crippen LogP contribution in [0.4, 0.5) is 0 Å². The lowest BCUT2D eigenvalue weighted by Crippen LogP contribution is -2.42. The predicted octanol–water partition coefficient (Wildman–Crippen LogP) is 6.06. The summed E-state index contributed by atoms with van der Waals surface area (Å²) >= 11 is 0.